The Morgan fingerprint density at radius 3 is 1.59 bits per heavy atom. The Kier molecular flexibility index (Phi) is 3.95. The number of rotatable bonds is 2. The summed E-state index contributed by atoms with van der Waals surface area (Å²) in [5.74, 6) is 0. The molecule has 128 valence electrons. The van der Waals surface area contributed by atoms with Crippen LogP contribution in [0.5, 0.6) is 0 Å². The molecule has 0 saturated carbocycles. The van der Waals surface area contributed by atoms with Crippen LogP contribution in [0.15, 0.2) is 95.7 Å². The Hall–Kier alpha value is -3.04. The molecule has 0 aliphatic carbocycles. The highest BCUT2D eigenvalue weighted by Gasteiger charge is 2.11. The van der Waals surface area contributed by atoms with E-state index in [1.165, 1.54) is 22.3 Å². The topological polar surface area (TPSA) is 25.8 Å². The van der Waals surface area contributed by atoms with E-state index >= 15 is 0 Å². The summed E-state index contributed by atoms with van der Waals surface area (Å²) in [6, 6.07) is 27.3. The number of hydrogen-bond donors (Lipinski definition) is 0. The van der Waals surface area contributed by atoms with Gasteiger partial charge in [-0.1, -0.05) is 70.5 Å². The van der Waals surface area contributed by atoms with E-state index < -0.39 is 0 Å². The van der Waals surface area contributed by atoms with Crippen molar-refractivity contribution >= 4 is 37.7 Å². The minimum Gasteiger partial charge on any atom is -0.254 e. The smallest absolute Gasteiger partial charge is 0.0970 e. The summed E-state index contributed by atoms with van der Waals surface area (Å²) < 4.78 is 1.07. The summed E-state index contributed by atoms with van der Waals surface area (Å²) in [7, 11) is 0. The molecule has 0 aliphatic rings. The van der Waals surface area contributed by atoms with Crippen LogP contribution in [0.3, 0.4) is 0 Å². The fourth-order valence-electron chi connectivity index (χ4n) is 3.58. The average molecular weight is 411 g/mol. The largest absolute Gasteiger partial charge is 0.254 e. The van der Waals surface area contributed by atoms with Gasteiger partial charge in [0.1, 0.15) is 0 Å². The molecule has 0 aliphatic heterocycles. The number of benzene rings is 3. The van der Waals surface area contributed by atoms with Crippen molar-refractivity contribution in [1.82, 2.24) is 9.97 Å². The Morgan fingerprint density at radius 2 is 1.04 bits per heavy atom. The number of halogens is 1. The third kappa shape index (κ3) is 2.81. The quantitative estimate of drug-likeness (QED) is 0.296. The first-order valence-electron chi connectivity index (χ1n) is 8.79. The lowest BCUT2D eigenvalue weighted by atomic mass is 9.97. The van der Waals surface area contributed by atoms with Crippen molar-refractivity contribution in [2.45, 2.75) is 0 Å². The zero-order valence-electron chi connectivity index (χ0n) is 14.4. The maximum atomic E-state index is 4.68. The molecule has 0 amide bonds. The lowest BCUT2D eigenvalue weighted by Crippen LogP contribution is -1.90. The third-order valence-corrected chi connectivity index (χ3v) is 5.39. The predicted octanol–water partition coefficient (Wildman–Crippen LogP) is 6.88. The zero-order valence-corrected chi connectivity index (χ0v) is 16.0. The Bertz CT molecular complexity index is 1260. The van der Waals surface area contributed by atoms with E-state index in [-0.39, 0.29) is 0 Å². The number of nitrogens with zero attached hydrogens (tertiary/aromatic N) is 2. The highest BCUT2D eigenvalue weighted by atomic mass is 79.9. The normalized spacial score (nSPS) is 11.1. The van der Waals surface area contributed by atoms with E-state index in [1.807, 2.05) is 18.5 Å². The summed E-state index contributed by atoms with van der Waals surface area (Å²) in [5.41, 5.74) is 6.58. The molecule has 2 heterocycles. The fraction of sp³-hybridized carbons (Fsp3) is 0. The SMILES string of the molecule is Brc1ccc(-c2ccnc3c2ccc2c(-c4ccccc4)ccnc23)cc1. The number of fused-ring (bicyclic) bond motifs is 3. The van der Waals surface area contributed by atoms with Gasteiger partial charge >= 0.3 is 0 Å². The van der Waals surface area contributed by atoms with Gasteiger partial charge in [-0.3, -0.25) is 9.97 Å². The Balaban J connectivity index is 1.79. The summed E-state index contributed by atoms with van der Waals surface area (Å²) >= 11 is 3.51. The van der Waals surface area contributed by atoms with E-state index in [1.54, 1.807) is 0 Å². The molecule has 0 unspecified atom stereocenters. The van der Waals surface area contributed by atoms with Gasteiger partial charge in [0.05, 0.1) is 11.0 Å². The van der Waals surface area contributed by atoms with Crippen LogP contribution >= 0.6 is 15.9 Å². The lowest BCUT2D eigenvalue weighted by Gasteiger charge is -2.11. The molecule has 27 heavy (non-hydrogen) atoms. The van der Waals surface area contributed by atoms with Gasteiger partial charge in [0.15, 0.2) is 0 Å². The van der Waals surface area contributed by atoms with Gasteiger partial charge < -0.3 is 0 Å². The van der Waals surface area contributed by atoms with Crippen LogP contribution in [0, 0.1) is 0 Å². The van der Waals surface area contributed by atoms with Crippen LogP contribution < -0.4 is 0 Å². The van der Waals surface area contributed by atoms with Crippen LogP contribution in [0.25, 0.3) is 44.1 Å². The van der Waals surface area contributed by atoms with Gasteiger partial charge in [0.25, 0.3) is 0 Å². The second kappa shape index (κ2) is 6.60. The van der Waals surface area contributed by atoms with Crippen LogP contribution in [0.2, 0.25) is 0 Å². The highest BCUT2D eigenvalue weighted by Crippen LogP contribution is 2.35. The van der Waals surface area contributed by atoms with Gasteiger partial charge in [-0.2, -0.15) is 0 Å². The van der Waals surface area contributed by atoms with Crippen LogP contribution in [0.1, 0.15) is 0 Å². The van der Waals surface area contributed by atoms with Crippen molar-refractivity contribution in [3.63, 3.8) is 0 Å². The van der Waals surface area contributed by atoms with Crippen LogP contribution in [-0.4, -0.2) is 9.97 Å². The Morgan fingerprint density at radius 1 is 0.519 bits per heavy atom. The fourth-order valence-corrected chi connectivity index (χ4v) is 3.84. The second-order valence-electron chi connectivity index (χ2n) is 6.45. The Labute approximate surface area is 165 Å². The van der Waals surface area contributed by atoms with Crippen molar-refractivity contribution in [1.29, 1.82) is 0 Å². The van der Waals surface area contributed by atoms with Crippen LogP contribution in [0.4, 0.5) is 0 Å². The second-order valence-corrected chi connectivity index (χ2v) is 7.36. The first-order valence-corrected chi connectivity index (χ1v) is 9.58. The molecule has 3 aromatic carbocycles. The summed E-state index contributed by atoms with van der Waals surface area (Å²) in [6.45, 7) is 0. The first-order chi connectivity index (χ1) is 13.3. The molecule has 0 spiro atoms. The van der Waals surface area contributed by atoms with E-state index in [9.17, 15) is 0 Å². The van der Waals surface area contributed by atoms with Crippen molar-refractivity contribution in [2.75, 3.05) is 0 Å². The van der Waals surface area contributed by atoms with Crippen molar-refractivity contribution in [3.8, 4) is 22.3 Å². The molecule has 5 rings (SSSR count). The molecule has 2 aromatic heterocycles. The van der Waals surface area contributed by atoms with Gasteiger partial charge in [-0.15, -0.1) is 0 Å². The zero-order chi connectivity index (χ0) is 18.2. The summed E-state index contributed by atoms with van der Waals surface area (Å²) in [4.78, 5) is 9.35. The lowest BCUT2D eigenvalue weighted by molar-refractivity contribution is 1.37. The van der Waals surface area contributed by atoms with E-state index in [4.69, 9.17) is 0 Å². The number of hydrogen-bond acceptors (Lipinski definition) is 2. The minimum atomic E-state index is 0.936. The molecular weight excluding hydrogens is 396 g/mol. The number of aromatic nitrogens is 2. The molecule has 0 bridgehead atoms. The van der Waals surface area contributed by atoms with Crippen molar-refractivity contribution < 1.29 is 0 Å². The molecule has 0 atom stereocenters. The standard InChI is InChI=1S/C24H15BrN2/c25-18-8-6-17(7-9-18)20-13-15-27-24-22(20)11-10-21-19(12-14-26-23(21)24)16-4-2-1-3-5-16/h1-15H. The molecule has 5 aromatic rings. The maximum absolute atomic E-state index is 4.68. The molecule has 2 nitrogen and oxygen atoms in total. The van der Waals surface area contributed by atoms with E-state index in [2.05, 4.69) is 98.7 Å². The van der Waals surface area contributed by atoms with E-state index in [0.717, 1.165) is 26.3 Å². The molecule has 0 radical (unpaired) electrons. The molecule has 0 N–H and O–H groups in total. The molecular formula is C24H15BrN2. The van der Waals surface area contributed by atoms with Crippen molar-refractivity contribution in [3.05, 3.63) is 95.7 Å². The third-order valence-electron chi connectivity index (χ3n) is 4.86. The van der Waals surface area contributed by atoms with Crippen LogP contribution in [-0.2, 0) is 0 Å². The van der Waals surface area contributed by atoms with E-state index in [0.29, 0.717) is 0 Å². The van der Waals surface area contributed by atoms with Gasteiger partial charge in [-0.05, 0) is 46.5 Å². The first kappa shape index (κ1) is 16.2. The average Bonchev–Trinajstić information content (AvgIpc) is 2.74. The summed E-state index contributed by atoms with van der Waals surface area (Å²) in [6.07, 6.45) is 3.74. The summed E-state index contributed by atoms with van der Waals surface area (Å²) in [5, 5.41) is 2.24. The van der Waals surface area contributed by atoms with Gasteiger partial charge in [0.2, 0.25) is 0 Å². The number of pyridine rings is 2. The monoisotopic (exact) mass is 410 g/mol. The molecule has 0 saturated heterocycles. The van der Waals surface area contributed by atoms with Gasteiger partial charge in [-0.25, -0.2) is 0 Å². The maximum Gasteiger partial charge on any atom is 0.0970 e. The minimum absolute atomic E-state index is 0.936. The molecule has 0 fully saturated rings. The highest BCUT2D eigenvalue weighted by molar-refractivity contribution is 9.10. The molecule has 3 heteroatoms. The predicted molar refractivity (Wildman–Crippen MR) is 116 cm³/mol. The van der Waals surface area contributed by atoms with Crippen molar-refractivity contribution in [2.24, 2.45) is 0 Å². The van der Waals surface area contributed by atoms with Gasteiger partial charge in [0, 0.05) is 27.6 Å².